The van der Waals surface area contributed by atoms with Crippen LogP contribution in [0.15, 0.2) is 18.5 Å². The van der Waals surface area contributed by atoms with Crippen molar-refractivity contribution in [2.45, 2.75) is 19.4 Å². The summed E-state index contributed by atoms with van der Waals surface area (Å²) in [6.07, 6.45) is 6.47. The Kier molecular flexibility index (Phi) is 4.96. The van der Waals surface area contributed by atoms with E-state index in [9.17, 15) is 0 Å². The van der Waals surface area contributed by atoms with Gasteiger partial charge in [0.05, 0.1) is 6.61 Å². The van der Waals surface area contributed by atoms with Crippen LogP contribution in [0.2, 0.25) is 0 Å². The zero-order chi connectivity index (χ0) is 12.8. The number of aromatic nitrogens is 1. The van der Waals surface area contributed by atoms with Crippen LogP contribution in [-0.2, 0) is 11.3 Å². The molecule has 4 nitrogen and oxygen atoms in total. The molecule has 1 aliphatic rings. The molecule has 0 radical (unpaired) electrons. The van der Waals surface area contributed by atoms with Gasteiger partial charge >= 0.3 is 0 Å². The summed E-state index contributed by atoms with van der Waals surface area (Å²) in [5.41, 5.74) is 2.46. The highest BCUT2D eigenvalue weighted by Gasteiger charge is 2.21. The number of rotatable bonds is 8. The normalized spacial score (nSPS) is 14.8. The minimum atomic E-state index is 0.800. The van der Waals surface area contributed by atoms with E-state index in [1.165, 1.54) is 24.1 Å². The molecule has 100 valence electrons. The van der Waals surface area contributed by atoms with Gasteiger partial charge in [-0.15, -0.1) is 0 Å². The molecule has 1 aromatic heterocycles. The maximum Gasteiger partial charge on any atom is 0.0641 e. The van der Waals surface area contributed by atoms with Crippen molar-refractivity contribution in [1.82, 2.24) is 10.3 Å². The molecule has 4 heteroatoms. The highest BCUT2D eigenvalue weighted by molar-refractivity contribution is 5.51. The molecule has 1 heterocycles. The Balaban J connectivity index is 1.80. The van der Waals surface area contributed by atoms with Gasteiger partial charge in [0.2, 0.25) is 0 Å². The first-order chi connectivity index (χ1) is 8.81. The van der Waals surface area contributed by atoms with Crippen LogP contribution >= 0.6 is 0 Å². The fraction of sp³-hybridized carbons (Fsp3) is 0.643. The third-order valence-corrected chi connectivity index (χ3v) is 3.28. The summed E-state index contributed by atoms with van der Waals surface area (Å²) in [5, 5.41) is 3.17. The second kappa shape index (κ2) is 6.71. The summed E-state index contributed by atoms with van der Waals surface area (Å²) in [6, 6.07) is 2.06. The Hall–Kier alpha value is -1.13. The molecule has 0 unspecified atom stereocenters. The molecular formula is C14H23N3O. The number of ether oxygens (including phenoxy) is 1. The lowest BCUT2D eigenvalue weighted by molar-refractivity contribution is 0.131. The van der Waals surface area contributed by atoms with E-state index in [0.29, 0.717) is 0 Å². The van der Waals surface area contributed by atoms with Crippen molar-refractivity contribution in [2.75, 3.05) is 38.8 Å². The number of pyridine rings is 1. The number of nitrogens with zero attached hydrogens (tertiary/aromatic N) is 2. The van der Waals surface area contributed by atoms with Crippen molar-refractivity contribution >= 4 is 5.69 Å². The molecular weight excluding hydrogens is 226 g/mol. The van der Waals surface area contributed by atoms with E-state index in [4.69, 9.17) is 4.74 Å². The predicted octanol–water partition coefficient (Wildman–Crippen LogP) is 1.66. The van der Waals surface area contributed by atoms with E-state index in [1.807, 2.05) is 19.4 Å². The van der Waals surface area contributed by atoms with Crippen LogP contribution in [0.1, 0.15) is 18.4 Å². The lowest BCUT2D eigenvalue weighted by atomic mass is 10.2. The largest absolute Gasteiger partial charge is 0.379 e. The zero-order valence-corrected chi connectivity index (χ0v) is 11.4. The Morgan fingerprint density at radius 2 is 2.33 bits per heavy atom. The quantitative estimate of drug-likeness (QED) is 0.711. The monoisotopic (exact) mass is 249 g/mol. The van der Waals surface area contributed by atoms with E-state index in [1.54, 1.807) is 0 Å². The summed E-state index contributed by atoms with van der Waals surface area (Å²) in [5.74, 6) is 0.844. The second-order valence-corrected chi connectivity index (χ2v) is 4.97. The molecule has 0 amide bonds. The summed E-state index contributed by atoms with van der Waals surface area (Å²) in [7, 11) is 4.06. The van der Waals surface area contributed by atoms with Crippen molar-refractivity contribution in [3.8, 4) is 0 Å². The zero-order valence-electron chi connectivity index (χ0n) is 11.4. The van der Waals surface area contributed by atoms with Crippen LogP contribution in [0.5, 0.6) is 0 Å². The van der Waals surface area contributed by atoms with Crippen molar-refractivity contribution in [3.63, 3.8) is 0 Å². The number of hydrogen-bond donors (Lipinski definition) is 1. The maximum absolute atomic E-state index is 5.68. The molecule has 2 rings (SSSR count). The molecule has 0 atom stereocenters. The van der Waals surface area contributed by atoms with E-state index in [2.05, 4.69) is 28.3 Å². The van der Waals surface area contributed by atoms with Gasteiger partial charge in [0, 0.05) is 50.4 Å². The van der Waals surface area contributed by atoms with Gasteiger partial charge < -0.3 is 15.0 Å². The van der Waals surface area contributed by atoms with Crippen molar-refractivity contribution in [3.05, 3.63) is 24.0 Å². The molecule has 18 heavy (non-hydrogen) atoms. The SMILES string of the molecule is CNCc1cnccc1N(C)CCOCC1CC1. The van der Waals surface area contributed by atoms with Gasteiger partial charge in [-0.2, -0.15) is 0 Å². The lowest BCUT2D eigenvalue weighted by Gasteiger charge is -2.22. The molecule has 0 bridgehead atoms. The third-order valence-electron chi connectivity index (χ3n) is 3.28. The van der Waals surface area contributed by atoms with E-state index >= 15 is 0 Å². The van der Waals surface area contributed by atoms with Crippen LogP contribution in [0.25, 0.3) is 0 Å². The van der Waals surface area contributed by atoms with Crippen LogP contribution in [0, 0.1) is 5.92 Å². The van der Waals surface area contributed by atoms with Crippen LogP contribution in [0.4, 0.5) is 5.69 Å². The minimum Gasteiger partial charge on any atom is -0.379 e. The molecule has 1 aliphatic carbocycles. The Bertz CT molecular complexity index is 366. The first-order valence-electron chi connectivity index (χ1n) is 6.67. The maximum atomic E-state index is 5.68. The summed E-state index contributed by atoms with van der Waals surface area (Å²) in [6.45, 7) is 3.51. The predicted molar refractivity (Wildman–Crippen MR) is 73.8 cm³/mol. The van der Waals surface area contributed by atoms with Gasteiger partial charge in [-0.25, -0.2) is 0 Å². The molecule has 0 spiro atoms. The average molecular weight is 249 g/mol. The fourth-order valence-electron chi connectivity index (χ4n) is 1.98. The van der Waals surface area contributed by atoms with Gasteiger partial charge in [0.1, 0.15) is 0 Å². The lowest BCUT2D eigenvalue weighted by Crippen LogP contribution is -2.25. The average Bonchev–Trinajstić information content (AvgIpc) is 3.19. The minimum absolute atomic E-state index is 0.800. The first kappa shape index (κ1) is 13.3. The van der Waals surface area contributed by atoms with Crippen molar-refractivity contribution in [2.24, 2.45) is 5.92 Å². The highest BCUT2D eigenvalue weighted by atomic mass is 16.5. The Labute approximate surface area is 109 Å². The summed E-state index contributed by atoms with van der Waals surface area (Å²) < 4.78 is 5.68. The Morgan fingerprint density at radius 1 is 1.50 bits per heavy atom. The molecule has 1 fully saturated rings. The second-order valence-electron chi connectivity index (χ2n) is 4.97. The van der Waals surface area contributed by atoms with Gasteiger partial charge in [0.25, 0.3) is 0 Å². The van der Waals surface area contributed by atoms with Crippen LogP contribution < -0.4 is 10.2 Å². The molecule has 0 aliphatic heterocycles. The Morgan fingerprint density at radius 3 is 3.06 bits per heavy atom. The van der Waals surface area contributed by atoms with Crippen molar-refractivity contribution in [1.29, 1.82) is 0 Å². The molecule has 1 N–H and O–H groups in total. The molecule has 1 aromatic rings. The van der Waals surface area contributed by atoms with Crippen LogP contribution in [-0.4, -0.2) is 38.8 Å². The van der Waals surface area contributed by atoms with E-state index in [0.717, 1.165) is 32.2 Å². The number of anilines is 1. The third kappa shape index (κ3) is 3.96. The number of nitrogens with one attached hydrogen (secondary N) is 1. The van der Waals surface area contributed by atoms with Crippen LogP contribution in [0.3, 0.4) is 0 Å². The van der Waals surface area contributed by atoms with Gasteiger partial charge in [0.15, 0.2) is 0 Å². The van der Waals surface area contributed by atoms with E-state index in [-0.39, 0.29) is 0 Å². The smallest absolute Gasteiger partial charge is 0.0641 e. The summed E-state index contributed by atoms with van der Waals surface area (Å²) in [4.78, 5) is 6.41. The van der Waals surface area contributed by atoms with Gasteiger partial charge in [-0.1, -0.05) is 0 Å². The summed E-state index contributed by atoms with van der Waals surface area (Å²) >= 11 is 0. The van der Waals surface area contributed by atoms with Gasteiger partial charge in [-0.3, -0.25) is 4.98 Å². The number of hydrogen-bond acceptors (Lipinski definition) is 4. The molecule has 0 aromatic carbocycles. The van der Waals surface area contributed by atoms with Gasteiger partial charge in [-0.05, 0) is 31.9 Å². The fourth-order valence-corrected chi connectivity index (χ4v) is 1.98. The topological polar surface area (TPSA) is 37.4 Å². The molecule has 1 saturated carbocycles. The number of likely N-dealkylation sites (N-methyl/N-ethyl adjacent to an activating group) is 1. The standard InChI is InChI=1S/C14H23N3O/c1-15-9-13-10-16-6-5-14(13)17(2)7-8-18-11-12-3-4-12/h5-6,10,12,15H,3-4,7-9,11H2,1-2H3. The first-order valence-corrected chi connectivity index (χ1v) is 6.67. The highest BCUT2D eigenvalue weighted by Crippen LogP contribution is 2.28. The molecule has 0 saturated heterocycles. The van der Waals surface area contributed by atoms with E-state index < -0.39 is 0 Å². The van der Waals surface area contributed by atoms with Crippen molar-refractivity contribution < 1.29 is 4.74 Å².